The molecule has 20 heavy (non-hydrogen) atoms. The number of nitrogens with zero attached hydrogens (tertiary/aromatic N) is 2. The Morgan fingerprint density at radius 1 is 1.50 bits per heavy atom. The van der Waals surface area contributed by atoms with Gasteiger partial charge in [0.1, 0.15) is 5.69 Å². The number of benzene rings is 1. The molecular formula is C11H11N5O3S. The van der Waals surface area contributed by atoms with Crippen LogP contribution in [-0.4, -0.2) is 15.8 Å². The summed E-state index contributed by atoms with van der Waals surface area (Å²) in [7, 11) is 0. The first-order valence-electron chi connectivity index (χ1n) is 5.50. The van der Waals surface area contributed by atoms with Crippen molar-refractivity contribution in [1.82, 2.24) is 4.98 Å². The topological polar surface area (TPSA) is 123 Å². The first-order chi connectivity index (χ1) is 9.51. The molecule has 0 aliphatic carbocycles. The molecule has 0 atom stereocenters. The molecule has 0 saturated heterocycles. The zero-order valence-corrected chi connectivity index (χ0v) is 11.2. The molecule has 0 fully saturated rings. The molecule has 2 aromatic rings. The summed E-state index contributed by atoms with van der Waals surface area (Å²) < 4.78 is 0. The van der Waals surface area contributed by atoms with E-state index in [0.717, 1.165) is 5.69 Å². The van der Waals surface area contributed by atoms with Crippen LogP contribution in [0.3, 0.4) is 0 Å². The van der Waals surface area contributed by atoms with Crippen LogP contribution < -0.4 is 16.6 Å². The van der Waals surface area contributed by atoms with Crippen molar-refractivity contribution in [2.24, 2.45) is 5.84 Å². The first kappa shape index (κ1) is 13.9. The van der Waals surface area contributed by atoms with Crippen LogP contribution >= 0.6 is 11.3 Å². The minimum absolute atomic E-state index is 0.0676. The van der Waals surface area contributed by atoms with E-state index in [0.29, 0.717) is 5.13 Å². The highest BCUT2D eigenvalue weighted by atomic mass is 32.1. The summed E-state index contributed by atoms with van der Waals surface area (Å²) in [5, 5.41) is 15.6. The summed E-state index contributed by atoms with van der Waals surface area (Å²) >= 11 is 1.30. The molecule has 8 nitrogen and oxygen atoms in total. The van der Waals surface area contributed by atoms with Gasteiger partial charge in [0.05, 0.1) is 10.6 Å². The lowest BCUT2D eigenvalue weighted by atomic mass is 10.1. The standard InChI is InChI=1S/C11H11N5O3S/c1-6-5-20-11(13-6)14-10(17)7-2-3-9(16(18)19)8(4-7)15-12/h2-5,15H,12H2,1H3,(H,13,14,17). The summed E-state index contributed by atoms with van der Waals surface area (Å²) in [4.78, 5) is 26.3. The number of nitrogens with one attached hydrogen (secondary N) is 2. The summed E-state index contributed by atoms with van der Waals surface area (Å²) in [6, 6.07) is 3.89. The molecule has 0 radical (unpaired) electrons. The van der Waals surface area contributed by atoms with Gasteiger partial charge in [-0.3, -0.25) is 26.1 Å². The number of anilines is 2. The number of carbonyl (C=O) groups is 1. The molecule has 0 aliphatic heterocycles. The second-order valence-corrected chi connectivity index (χ2v) is 4.74. The molecule has 1 heterocycles. The Morgan fingerprint density at radius 2 is 2.25 bits per heavy atom. The van der Waals surface area contributed by atoms with Crippen LogP contribution in [-0.2, 0) is 0 Å². The van der Waals surface area contributed by atoms with Crippen LogP contribution in [0.2, 0.25) is 0 Å². The fourth-order valence-electron chi connectivity index (χ4n) is 1.53. The van der Waals surface area contributed by atoms with Gasteiger partial charge in [0.25, 0.3) is 11.6 Å². The number of carbonyl (C=O) groups excluding carboxylic acids is 1. The van der Waals surface area contributed by atoms with E-state index < -0.39 is 10.8 Å². The highest BCUT2D eigenvalue weighted by molar-refractivity contribution is 7.13. The van der Waals surface area contributed by atoms with Gasteiger partial charge in [-0.15, -0.1) is 11.3 Å². The van der Waals surface area contributed by atoms with E-state index >= 15 is 0 Å². The van der Waals surface area contributed by atoms with Crippen molar-refractivity contribution in [3.8, 4) is 0 Å². The molecule has 1 aromatic heterocycles. The minimum Gasteiger partial charge on any atom is -0.318 e. The maximum atomic E-state index is 12.0. The number of aromatic nitrogens is 1. The fraction of sp³-hybridized carbons (Fsp3) is 0.0909. The van der Waals surface area contributed by atoms with Crippen molar-refractivity contribution in [3.63, 3.8) is 0 Å². The highest BCUT2D eigenvalue weighted by Crippen LogP contribution is 2.25. The maximum absolute atomic E-state index is 12.0. The van der Waals surface area contributed by atoms with Crippen molar-refractivity contribution in [2.75, 3.05) is 10.7 Å². The maximum Gasteiger partial charge on any atom is 0.293 e. The van der Waals surface area contributed by atoms with E-state index in [1.165, 1.54) is 29.5 Å². The third-order valence-corrected chi connectivity index (χ3v) is 3.33. The number of rotatable bonds is 4. The number of hydrogen-bond donors (Lipinski definition) is 3. The second kappa shape index (κ2) is 5.63. The number of nitrogen functional groups attached to an aromatic ring is 1. The number of hydrazine groups is 1. The molecule has 9 heteroatoms. The van der Waals surface area contributed by atoms with Crippen LogP contribution in [0.4, 0.5) is 16.5 Å². The van der Waals surface area contributed by atoms with Gasteiger partial charge in [-0.25, -0.2) is 4.98 Å². The number of nitro benzene ring substituents is 1. The number of nitro groups is 1. The second-order valence-electron chi connectivity index (χ2n) is 3.88. The Morgan fingerprint density at radius 3 is 2.80 bits per heavy atom. The van der Waals surface area contributed by atoms with E-state index in [4.69, 9.17) is 5.84 Å². The molecule has 0 spiro atoms. The molecule has 0 bridgehead atoms. The van der Waals surface area contributed by atoms with Gasteiger partial charge in [-0.05, 0) is 19.1 Å². The SMILES string of the molecule is Cc1csc(NC(=O)c2ccc([N+](=O)[O-])c(NN)c2)n1. The lowest BCUT2D eigenvalue weighted by molar-refractivity contribution is -0.384. The first-order valence-corrected chi connectivity index (χ1v) is 6.37. The Balaban J connectivity index is 2.24. The summed E-state index contributed by atoms with van der Waals surface area (Å²) in [5.41, 5.74) is 3.12. The normalized spacial score (nSPS) is 10.1. The summed E-state index contributed by atoms with van der Waals surface area (Å²) in [5.74, 6) is 4.81. The Kier molecular flexibility index (Phi) is 3.91. The minimum atomic E-state index is -0.582. The van der Waals surface area contributed by atoms with Crippen LogP contribution in [0.25, 0.3) is 0 Å². The third-order valence-electron chi connectivity index (χ3n) is 2.45. The Hall–Kier alpha value is -2.52. The smallest absolute Gasteiger partial charge is 0.293 e. The summed E-state index contributed by atoms with van der Waals surface area (Å²) in [6.07, 6.45) is 0. The average molecular weight is 293 g/mol. The largest absolute Gasteiger partial charge is 0.318 e. The molecule has 0 unspecified atom stereocenters. The molecule has 1 aromatic carbocycles. The van der Waals surface area contributed by atoms with E-state index in [-0.39, 0.29) is 16.9 Å². The van der Waals surface area contributed by atoms with Gasteiger partial charge in [-0.2, -0.15) is 0 Å². The number of thiazole rings is 1. The lowest BCUT2D eigenvalue weighted by Gasteiger charge is -2.05. The molecule has 104 valence electrons. The van der Waals surface area contributed by atoms with Crippen LogP contribution in [0.15, 0.2) is 23.6 Å². The third kappa shape index (κ3) is 2.90. The lowest BCUT2D eigenvalue weighted by Crippen LogP contribution is -2.14. The van der Waals surface area contributed by atoms with Crippen molar-refractivity contribution in [1.29, 1.82) is 0 Å². The predicted octanol–water partition coefficient (Wildman–Crippen LogP) is 1.90. The van der Waals surface area contributed by atoms with E-state index in [9.17, 15) is 14.9 Å². The Bertz CT molecular complexity index is 670. The van der Waals surface area contributed by atoms with Gasteiger partial charge in [0.2, 0.25) is 0 Å². The van der Waals surface area contributed by atoms with Crippen molar-refractivity contribution in [2.45, 2.75) is 6.92 Å². The van der Waals surface area contributed by atoms with Gasteiger partial charge < -0.3 is 5.43 Å². The molecule has 0 saturated carbocycles. The number of nitrogens with two attached hydrogens (primary N) is 1. The molecule has 4 N–H and O–H groups in total. The predicted molar refractivity (Wildman–Crippen MR) is 75.7 cm³/mol. The van der Waals surface area contributed by atoms with Crippen LogP contribution in [0.5, 0.6) is 0 Å². The quantitative estimate of drug-likeness (QED) is 0.449. The monoisotopic (exact) mass is 293 g/mol. The van der Waals surface area contributed by atoms with Gasteiger partial charge in [0, 0.05) is 17.0 Å². The number of aryl methyl sites for hydroxylation is 1. The summed E-state index contributed by atoms with van der Waals surface area (Å²) in [6.45, 7) is 1.81. The zero-order valence-electron chi connectivity index (χ0n) is 10.4. The molecule has 1 amide bonds. The fourth-order valence-corrected chi connectivity index (χ4v) is 2.22. The van der Waals surface area contributed by atoms with Crippen LogP contribution in [0, 0.1) is 17.0 Å². The molecular weight excluding hydrogens is 282 g/mol. The Labute approximate surface area is 117 Å². The molecule has 0 aliphatic rings. The highest BCUT2D eigenvalue weighted by Gasteiger charge is 2.16. The van der Waals surface area contributed by atoms with E-state index in [2.05, 4.69) is 15.7 Å². The van der Waals surface area contributed by atoms with Crippen molar-refractivity contribution >= 4 is 33.8 Å². The zero-order chi connectivity index (χ0) is 14.7. The molecule has 2 rings (SSSR count). The van der Waals surface area contributed by atoms with Gasteiger partial charge in [-0.1, -0.05) is 0 Å². The van der Waals surface area contributed by atoms with E-state index in [1.54, 1.807) is 5.38 Å². The number of hydrogen-bond acceptors (Lipinski definition) is 7. The van der Waals surface area contributed by atoms with E-state index in [1.807, 2.05) is 6.92 Å². The van der Waals surface area contributed by atoms with Gasteiger partial charge in [0.15, 0.2) is 5.13 Å². The average Bonchev–Trinajstić information content (AvgIpc) is 2.83. The van der Waals surface area contributed by atoms with Crippen molar-refractivity contribution < 1.29 is 9.72 Å². The van der Waals surface area contributed by atoms with Gasteiger partial charge >= 0.3 is 0 Å². The van der Waals surface area contributed by atoms with Crippen molar-refractivity contribution in [3.05, 3.63) is 45.0 Å². The number of amides is 1. The van der Waals surface area contributed by atoms with Crippen LogP contribution in [0.1, 0.15) is 16.1 Å².